The van der Waals surface area contributed by atoms with E-state index in [0.717, 1.165) is 12.5 Å². The SMILES string of the molecule is c1ccc2c(c1)N[C@@H](C1CCCCC1)[C@@H]1CCCO[C@H]21. The molecule has 1 saturated heterocycles. The number of rotatable bonds is 1. The Kier molecular flexibility index (Phi) is 3.43. The van der Waals surface area contributed by atoms with Crippen LogP contribution in [-0.2, 0) is 4.74 Å². The van der Waals surface area contributed by atoms with Crippen LogP contribution in [-0.4, -0.2) is 12.6 Å². The van der Waals surface area contributed by atoms with E-state index in [2.05, 4.69) is 29.6 Å². The maximum atomic E-state index is 6.19. The second-order valence-electron chi connectivity index (χ2n) is 6.75. The summed E-state index contributed by atoms with van der Waals surface area (Å²) < 4.78 is 6.19. The molecule has 2 fully saturated rings. The van der Waals surface area contributed by atoms with Crippen molar-refractivity contribution in [3.8, 4) is 0 Å². The maximum absolute atomic E-state index is 6.19. The van der Waals surface area contributed by atoms with E-state index in [1.54, 1.807) is 0 Å². The number of fused-ring (bicyclic) bond motifs is 3. The molecule has 0 bridgehead atoms. The molecule has 1 aliphatic carbocycles. The molecular formula is C18H25NO. The lowest BCUT2D eigenvalue weighted by Crippen LogP contribution is -2.46. The van der Waals surface area contributed by atoms with E-state index in [9.17, 15) is 0 Å². The highest BCUT2D eigenvalue weighted by atomic mass is 16.5. The van der Waals surface area contributed by atoms with E-state index >= 15 is 0 Å². The fraction of sp³-hybridized carbons (Fsp3) is 0.667. The van der Waals surface area contributed by atoms with Gasteiger partial charge in [0.15, 0.2) is 0 Å². The highest BCUT2D eigenvalue weighted by molar-refractivity contribution is 5.56. The monoisotopic (exact) mass is 271 g/mol. The molecule has 0 unspecified atom stereocenters. The van der Waals surface area contributed by atoms with Gasteiger partial charge in [0.1, 0.15) is 0 Å². The Bertz CT molecular complexity index is 466. The van der Waals surface area contributed by atoms with Gasteiger partial charge in [-0.2, -0.15) is 0 Å². The van der Waals surface area contributed by atoms with Gasteiger partial charge >= 0.3 is 0 Å². The number of nitrogens with one attached hydrogen (secondary N) is 1. The van der Waals surface area contributed by atoms with Crippen LogP contribution in [0.2, 0.25) is 0 Å². The second-order valence-corrected chi connectivity index (χ2v) is 6.75. The Labute approximate surface area is 121 Å². The van der Waals surface area contributed by atoms with Crippen LogP contribution < -0.4 is 5.32 Å². The summed E-state index contributed by atoms with van der Waals surface area (Å²) in [6.07, 6.45) is 9.98. The Morgan fingerprint density at radius 2 is 1.80 bits per heavy atom. The van der Waals surface area contributed by atoms with E-state index in [-0.39, 0.29) is 0 Å². The normalized spacial score (nSPS) is 33.9. The maximum Gasteiger partial charge on any atom is 0.0892 e. The molecule has 0 spiro atoms. The van der Waals surface area contributed by atoms with Crippen LogP contribution in [0.3, 0.4) is 0 Å². The fourth-order valence-electron chi connectivity index (χ4n) is 4.62. The topological polar surface area (TPSA) is 21.3 Å². The molecule has 2 heteroatoms. The van der Waals surface area contributed by atoms with Crippen LogP contribution in [0.4, 0.5) is 5.69 Å². The Morgan fingerprint density at radius 1 is 0.950 bits per heavy atom. The van der Waals surface area contributed by atoms with E-state index in [1.165, 1.54) is 56.2 Å². The number of hydrogen-bond acceptors (Lipinski definition) is 2. The molecule has 108 valence electrons. The van der Waals surface area contributed by atoms with E-state index in [4.69, 9.17) is 4.74 Å². The molecule has 1 aromatic rings. The zero-order valence-electron chi connectivity index (χ0n) is 12.2. The molecule has 1 N–H and O–H groups in total. The Morgan fingerprint density at radius 3 is 2.70 bits per heavy atom. The van der Waals surface area contributed by atoms with E-state index in [0.29, 0.717) is 18.1 Å². The quantitative estimate of drug-likeness (QED) is 0.810. The minimum Gasteiger partial charge on any atom is -0.381 e. The standard InChI is InChI=1S/C18H25NO/c1-2-7-13(8-3-1)17-15-10-6-12-20-18(15)14-9-4-5-11-16(14)19-17/h4-5,9,11,13,15,17-19H,1-3,6-8,10,12H2/t15-,17-,18+/m0/s1. The van der Waals surface area contributed by atoms with Crippen molar-refractivity contribution in [2.45, 2.75) is 57.1 Å². The zero-order chi connectivity index (χ0) is 13.4. The van der Waals surface area contributed by atoms with Crippen LogP contribution in [0, 0.1) is 11.8 Å². The van der Waals surface area contributed by atoms with E-state index in [1.807, 2.05) is 0 Å². The summed E-state index contributed by atoms with van der Waals surface area (Å²) in [6.45, 7) is 0.937. The van der Waals surface area contributed by atoms with Gasteiger partial charge in [0.25, 0.3) is 0 Å². The summed E-state index contributed by atoms with van der Waals surface area (Å²) in [5.74, 6) is 1.54. The van der Waals surface area contributed by atoms with Gasteiger partial charge in [0, 0.05) is 29.8 Å². The molecule has 1 aromatic carbocycles. The average Bonchev–Trinajstić information content (AvgIpc) is 2.55. The van der Waals surface area contributed by atoms with Crippen LogP contribution in [0.25, 0.3) is 0 Å². The molecule has 2 aliphatic heterocycles. The van der Waals surface area contributed by atoms with E-state index < -0.39 is 0 Å². The zero-order valence-corrected chi connectivity index (χ0v) is 12.2. The number of ether oxygens (including phenoxy) is 1. The summed E-state index contributed by atoms with van der Waals surface area (Å²) in [4.78, 5) is 0. The first-order valence-electron chi connectivity index (χ1n) is 8.40. The number of hydrogen-bond donors (Lipinski definition) is 1. The van der Waals surface area contributed by atoms with Gasteiger partial charge < -0.3 is 10.1 Å². The lowest BCUT2D eigenvalue weighted by Gasteiger charge is -2.47. The molecule has 1 saturated carbocycles. The van der Waals surface area contributed by atoms with Crippen LogP contribution in [0.15, 0.2) is 24.3 Å². The average molecular weight is 271 g/mol. The smallest absolute Gasteiger partial charge is 0.0892 e. The van der Waals surface area contributed by atoms with Gasteiger partial charge in [0.05, 0.1) is 6.10 Å². The van der Waals surface area contributed by atoms with Crippen LogP contribution in [0.1, 0.15) is 56.6 Å². The van der Waals surface area contributed by atoms with Crippen molar-refractivity contribution in [1.29, 1.82) is 0 Å². The molecule has 0 amide bonds. The summed E-state index contributed by atoms with van der Waals surface area (Å²) in [5.41, 5.74) is 2.72. The number of para-hydroxylation sites is 1. The van der Waals surface area contributed by atoms with Gasteiger partial charge in [-0.05, 0) is 37.7 Å². The molecule has 0 radical (unpaired) electrons. The number of anilines is 1. The van der Waals surface area contributed by atoms with Crippen molar-refractivity contribution >= 4 is 5.69 Å². The molecule has 2 heterocycles. The lowest BCUT2D eigenvalue weighted by molar-refractivity contribution is -0.0458. The predicted octanol–water partition coefficient (Wildman–Crippen LogP) is 4.53. The summed E-state index contributed by atoms with van der Waals surface area (Å²) in [6, 6.07) is 9.42. The molecule has 2 nitrogen and oxygen atoms in total. The first-order chi connectivity index (χ1) is 9.93. The summed E-state index contributed by atoms with van der Waals surface area (Å²) >= 11 is 0. The van der Waals surface area contributed by atoms with Crippen molar-refractivity contribution in [2.75, 3.05) is 11.9 Å². The molecule has 4 rings (SSSR count). The van der Waals surface area contributed by atoms with Crippen LogP contribution in [0.5, 0.6) is 0 Å². The Balaban J connectivity index is 1.66. The summed E-state index contributed by atoms with van der Waals surface area (Å²) in [7, 11) is 0. The van der Waals surface area contributed by atoms with Crippen molar-refractivity contribution in [2.24, 2.45) is 11.8 Å². The predicted molar refractivity (Wildman–Crippen MR) is 81.8 cm³/mol. The van der Waals surface area contributed by atoms with Gasteiger partial charge in [-0.3, -0.25) is 0 Å². The lowest BCUT2D eigenvalue weighted by atomic mass is 9.71. The van der Waals surface area contributed by atoms with Gasteiger partial charge in [-0.25, -0.2) is 0 Å². The first-order valence-corrected chi connectivity index (χ1v) is 8.40. The third-order valence-corrected chi connectivity index (χ3v) is 5.58. The van der Waals surface area contributed by atoms with Gasteiger partial charge in [0.2, 0.25) is 0 Å². The van der Waals surface area contributed by atoms with Gasteiger partial charge in [-0.1, -0.05) is 37.5 Å². The second kappa shape index (κ2) is 5.40. The minimum atomic E-state index is 0.341. The summed E-state index contributed by atoms with van der Waals surface area (Å²) in [5, 5.41) is 3.89. The molecule has 20 heavy (non-hydrogen) atoms. The first kappa shape index (κ1) is 12.7. The third-order valence-electron chi connectivity index (χ3n) is 5.58. The van der Waals surface area contributed by atoms with Gasteiger partial charge in [-0.15, -0.1) is 0 Å². The highest BCUT2D eigenvalue weighted by Crippen LogP contribution is 2.47. The van der Waals surface area contributed by atoms with Crippen LogP contribution >= 0.6 is 0 Å². The highest BCUT2D eigenvalue weighted by Gasteiger charge is 2.42. The van der Waals surface area contributed by atoms with Crippen molar-refractivity contribution in [3.63, 3.8) is 0 Å². The van der Waals surface area contributed by atoms with Crippen molar-refractivity contribution in [3.05, 3.63) is 29.8 Å². The molecule has 3 atom stereocenters. The molecular weight excluding hydrogens is 246 g/mol. The number of benzene rings is 1. The Hall–Kier alpha value is -1.02. The molecule has 3 aliphatic rings. The van der Waals surface area contributed by atoms with Crippen molar-refractivity contribution in [1.82, 2.24) is 0 Å². The third kappa shape index (κ3) is 2.14. The fourth-order valence-corrected chi connectivity index (χ4v) is 4.62. The van der Waals surface area contributed by atoms with Crippen molar-refractivity contribution < 1.29 is 4.74 Å². The minimum absolute atomic E-state index is 0.341. The molecule has 0 aromatic heterocycles. The largest absolute Gasteiger partial charge is 0.381 e.